The highest BCUT2D eigenvalue weighted by molar-refractivity contribution is 5.99. The van der Waals surface area contributed by atoms with Gasteiger partial charge in [0.2, 0.25) is 11.8 Å². The topological polar surface area (TPSA) is 133 Å². The van der Waals surface area contributed by atoms with Gasteiger partial charge in [-0.2, -0.15) is 0 Å². The third kappa shape index (κ3) is 3.98. The van der Waals surface area contributed by atoms with Gasteiger partial charge in [0.05, 0.1) is 13.1 Å². The zero-order chi connectivity index (χ0) is 14.6. The Labute approximate surface area is 110 Å². The first kappa shape index (κ1) is 14.5. The first-order valence-electron chi connectivity index (χ1n) is 5.53. The van der Waals surface area contributed by atoms with Crippen LogP contribution in [0, 0.1) is 0 Å². The van der Waals surface area contributed by atoms with Gasteiger partial charge in [-0.3, -0.25) is 14.4 Å². The van der Waals surface area contributed by atoms with Crippen LogP contribution in [-0.4, -0.2) is 30.7 Å². The van der Waals surface area contributed by atoms with E-state index in [2.05, 4.69) is 0 Å². The average molecular weight is 264 g/mol. The monoisotopic (exact) mass is 264 g/mol. The lowest BCUT2D eigenvalue weighted by Gasteiger charge is -2.22. The lowest BCUT2D eigenvalue weighted by Crippen LogP contribution is -2.39. The second-order valence-corrected chi connectivity index (χ2v) is 4.12. The van der Waals surface area contributed by atoms with E-state index in [4.69, 9.17) is 17.2 Å². The highest BCUT2D eigenvalue weighted by atomic mass is 16.2. The summed E-state index contributed by atoms with van der Waals surface area (Å²) < 4.78 is 0. The molecule has 0 aliphatic rings. The number of Topliss-reactive ketones (excluding diaryl/α,β-unsaturated/α-hetero) is 1. The van der Waals surface area contributed by atoms with Crippen molar-refractivity contribution < 1.29 is 14.4 Å². The van der Waals surface area contributed by atoms with Crippen LogP contribution < -0.4 is 22.1 Å². The summed E-state index contributed by atoms with van der Waals surface area (Å²) >= 11 is 0. The molecule has 0 bridgehead atoms. The van der Waals surface area contributed by atoms with Gasteiger partial charge in [-0.1, -0.05) is 0 Å². The van der Waals surface area contributed by atoms with Gasteiger partial charge in [0.1, 0.15) is 0 Å². The first-order valence-corrected chi connectivity index (χ1v) is 5.53. The van der Waals surface area contributed by atoms with Crippen LogP contribution in [0.15, 0.2) is 18.2 Å². The number of benzene rings is 1. The van der Waals surface area contributed by atoms with Gasteiger partial charge >= 0.3 is 0 Å². The number of ketones is 1. The molecule has 0 aliphatic carbocycles. The van der Waals surface area contributed by atoms with E-state index in [9.17, 15) is 14.4 Å². The average Bonchev–Trinajstić information content (AvgIpc) is 2.26. The number of nitrogen functional groups attached to an aromatic ring is 1. The summed E-state index contributed by atoms with van der Waals surface area (Å²) in [6.45, 7) is 1.07. The largest absolute Gasteiger partial charge is 0.398 e. The van der Waals surface area contributed by atoms with Gasteiger partial charge in [-0.25, -0.2) is 0 Å². The molecule has 7 heteroatoms. The number of primary amides is 2. The zero-order valence-electron chi connectivity index (χ0n) is 10.6. The van der Waals surface area contributed by atoms with Crippen LogP contribution in [0.5, 0.6) is 0 Å². The van der Waals surface area contributed by atoms with E-state index < -0.39 is 11.8 Å². The second kappa shape index (κ2) is 5.85. The molecule has 0 unspecified atom stereocenters. The van der Waals surface area contributed by atoms with Gasteiger partial charge in [0, 0.05) is 16.9 Å². The highest BCUT2D eigenvalue weighted by Crippen LogP contribution is 2.21. The van der Waals surface area contributed by atoms with Crippen LogP contribution in [-0.2, 0) is 9.59 Å². The molecule has 19 heavy (non-hydrogen) atoms. The molecule has 7 nitrogen and oxygen atoms in total. The summed E-state index contributed by atoms with van der Waals surface area (Å²) in [5.41, 5.74) is 17.1. The van der Waals surface area contributed by atoms with Crippen LogP contribution >= 0.6 is 0 Å². The molecule has 0 heterocycles. The molecule has 0 saturated carbocycles. The molecule has 0 aromatic heterocycles. The lowest BCUT2D eigenvalue weighted by molar-refractivity contribution is -0.117. The number of carbonyl (C=O) groups excluding carboxylic acids is 3. The SMILES string of the molecule is CC(=O)c1ccc(N(CC(N)=O)CC(N)=O)cc1N. The maximum Gasteiger partial charge on any atom is 0.236 e. The Balaban J connectivity index is 3.08. The fourth-order valence-electron chi connectivity index (χ4n) is 1.68. The molecule has 0 atom stereocenters. The fraction of sp³-hybridized carbons (Fsp3) is 0.250. The van der Waals surface area contributed by atoms with Crippen LogP contribution in [0.3, 0.4) is 0 Å². The van der Waals surface area contributed by atoms with E-state index in [1.807, 2.05) is 0 Å². The van der Waals surface area contributed by atoms with E-state index in [1.165, 1.54) is 24.0 Å². The summed E-state index contributed by atoms with van der Waals surface area (Å²) in [5, 5.41) is 0. The van der Waals surface area contributed by atoms with E-state index in [0.29, 0.717) is 11.3 Å². The molecule has 1 aromatic carbocycles. The summed E-state index contributed by atoms with van der Waals surface area (Å²) in [6.07, 6.45) is 0. The Morgan fingerprint density at radius 3 is 2.00 bits per heavy atom. The molecule has 102 valence electrons. The summed E-state index contributed by atoms with van der Waals surface area (Å²) in [7, 11) is 0. The summed E-state index contributed by atoms with van der Waals surface area (Å²) in [6, 6.07) is 4.61. The predicted molar refractivity (Wildman–Crippen MR) is 71.5 cm³/mol. The van der Waals surface area contributed by atoms with Crippen molar-refractivity contribution in [3.8, 4) is 0 Å². The quantitative estimate of drug-likeness (QED) is 0.459. The van der Waals surface area contributed by atoms with Gasteiger partial charge in [-0.15, -0.1) is 0 Å². The summed E-state index contributed by atoms with van der Waals surface area (Å²) in [5.74, 6) is -1.37. The Morgan fingerprint density at radius 2 is 1.63 bits per heavy atom. The van der Waals surface area contributed by atoms with Crippen LogP contribution in [0.2, 0.25) is 0 Å². The second-order valence-electron chi connectivity index (χ2n) is 4.12. The number of nitrogens with zero attached hydrogens (tertiary/aromatic N) is 1. The lowest BCUT2D eigenvalue weighted by atomic mass is 10.1. The minimum absolute atomic E-state index is 0.165. The maximum atomic E-state index is 11.3. The number of carbonyl (C=O) groups is 3. The Morgan fingerprint density at radius 1 is 1.11 bits per heavy atom. The third-order valence-electron chi connectivity index (χ3n) is 2.47. The number of anilines is 2. The van der Waals surface area contributed by atoms with Crippen molar-refractivity contribution in [3.05, 3.63) is 23.8 Å². The molecular formula is C12H16N4O3. The molecule has 0 fully saturated rings. The molecule has 0 spiro atoms. The predicted octanol–water partition coefficient (Wildman–Crippen LogP) is -0.752. The van der Waals surface area contributed by atoms with Crippen molar-refractivity contribution >= 4 is 29.0 Å². The van der Waals surface area contributed by atoms with Crippen molar-refractivity contribution in [1.82, 2.24) is 0 Å². The smallest absolute Gasteiger partial charge is 0.236 e. The molecular weight excluding hydrogens is 248 g/mol. The van der Waals surface area contributed by atoms with Gasteiger partial charge in [-0.05, 0) is 25.1 Å². The maximum absolute atomic E-state index is 11.3. The molecule has 0 radical (unpaired) electrons. The molecule has 1 aromatic rings. The van der Waals surface area contributed by atoms with Crippen molar-refractivity contribution in [2.45, 2.75) is 6.92 Å². The molecule has 0 aliphatic heterocycles. The fourth-order valence-corrected chi connectivity index (χ4v) is 1.68. The van der Waals surface area contributed by atoms with E-state index in [1.54, 1.807) is 6.07 Å². The first-order chi connectivity index (χ1) is 8.81. The number of amides is 2. The Hall–Kier alpha value is -2.57. The van der Waals surface area contributed by atoms with E-state index in [0.717, 1.165) is 0 Å². The Kier molecular flexibility index (Phi) is 4.46. The van der Waals surface area contributed by atoms with E-state index >= 15 is 0 Å². The summed E-state index contributed by atoms with van der Waals surface area (Å²) in [4.78, 5) is 34.6. The number of hydrogen-bond donors (Lipinski definition) is 3. The van der Waals surface area contributed by atoms with Crippen LogP contribution in [0.4, 0.5) is 11.4 Å². The van der Waals surface area contributed by atoms with Gasteiger partial charge in [0.15, 0.2) is 5.78 Å². The van der Waals surface area contributed by atoms with Crippen molar-refractivity contribution in [2.24, 2.45) is 11.5 Å². The number of nitrogens with two attached hydrogens (primary N) is 3. The standard InChI is InChI=1S/C12H16N4O3/c1-7(17)9-3-2-8(4-10(9)13)16(5-11(14)18)6-12(15)19/h2-4H,5-6,13H2,1H3,(H2,14,18)(H2,15,19). The van der Waals surface area contributed by atoms with Gasteiger partial charge < -0.3 is 22.1 Å². The number of rotatable bonds is 6. The zero-order valence-corrected chi connectivity index (χ0v) is 10.6. The third-order valence-corrected chi connectivity index (χ3v) is 2.47. The van der Waals surface area contributed by atoms with Crippen LogP contribution in [0.25, 0.3) is 0 Å². The molecule has 1 rings (SSSR count). The molecule has 0 saturated heterocycles. The normalized spacial score (nSPS) is 9.95. The van der Waals surface area contributed by atoms with Gasteiger partial charge in [0.25, 0.3) is 0 Å². The minimum atomic E-state index is -0.601. The van der Waals surface area contributed by atoms with Crippen molar-refractivity contribution in [1.29, 1.82) is 0 Å². The minimum Gasteiger partial charge on any atom is -0.398 e. The highest BCUT2D eigenvalue weighted by Gasteiger charge is 2.14. The Bertz CT molecular complexity index is 512. The van der Waals surface area contributed by atoms with E-state index in [-0.39, 0.29) is 24.6 Å². The molecule has 2 amide bonds. The number of hydrogen-bond acceptors (Lipinski definition) is 5. The van der Waals surface area contributed by atoms with Crippen molar-refractivity contribution in [3.63, 3.8) is 0 Å². The van der Waals surface area contributed by atoms with Crippen LogP contribution in [0.1, 0.15) is 17.3 Å². The molecule has 6 N–H and O–H groups in total. The van der Waals surface area contributed by atoms with Crippen molar-refractivity contribution in [2.75, 3.05) is 23.7 Å².